The zero-order chi connectivity index (χ0) is 45.1. The molecule has 19 atom stereocenters. The number of aliphatic carboxylic acids is 1. The van der Waals surface area contributed by atoms with Crippen molar-refractivity contribution in [1.82, 2.24) is 5.32 Å². The standard InChI is InChI=1S/C49H73NO13/c1-27-19-39-45-40(25-48(62-45)32(6)18-28(2)26-50-48)60-47(23-27,59-39)24-31(5)44(56-34(8)51)30(4)20-29(3)42(54)43(55)38-22-37-36(57-38)21-33(7)49(61-37)17-16-46(63-49)15-11-13-35(58-46)12-9-10-14-41(52)53/h9,11-12,15,27-30,32-33,35-40,43-45,50,55H,5,10,13-14,16-26H2,1-4,6-8H3,(H,52,53)/b12-9+/t27-,28+,29-,30+,32-,33+,35-,36+,37+,38-,39+,40+,43+,44+,45+,46+,47-,48-,49+/m1/s1. The van der Waals surface area contributed by atoms with Crippen LogP contribution in [-0.4, -0.2) is 113 Å². The molecule has 0 unspecified atom stereocenters. The second-order valence-corrected chi connectivity index (χ2v) is 21.0. The Kier molecular flexibility index (Phi) is 13.6. The number of rotatable bonds is 14. The minimum Gasteiger partial charge on any atom is -0.481 e. The average Bonchev–Trinajstić information content (AvgIpc) is 3.90. The molecule has 2 bridgehead atoms. The van der Waals surface area contributed by atoms with Crippen LogP contribution in [0.5, 0.6) is 0 Å². The minimum atomic E-state index is -1.37. The van der Waals surface area contributed by atoms with E-state index in [0.717, 1.165) is 25.8 Å². The monoisotopic (exact) mass is 884 g/mol. The van der Waals surface area contributed by atoms with E-state index in [4.69, 9.17) is 43.0 Å². The van der Waals surface area contributed by atoms with Crippen LogP contribution in [0, 0.1) is 35.5 Å². The summed E-state index contributed by atoms with van der Waals surface area (Å²) in [5.74, 6) is -4.08. The molecule has 7 fully saturated rings. The van der Waals surface area contributed by atoms with Gasteiger partial charge in [-0.15, -0.1) is 0 Å². The first-order valence-corrected chi connectivity index (χ1v) is 23.9. The normalized spacial score (nSPS) is 44.9. The van der Waals surface area contributed by atoms with E-state index in [1.165, 1.54) is 6.92 Å². The summed E-state index contributed by atoms with van der Waals surface area (Å²) in [6.07, 6.45) is 11.0. The lowest BCUT2D eigenvalue weighted by Gasteiger charge is -2.52. The first-order valence-electron chi connectivity index (χ1n) is 23.9. The lowest BCUT2D eigenvalue weighted by atomic mass is 9.79. The van der Waals surface area contributed by atoms with Crippen molar-refractivity contribution in [2.45, 2.75) is 210 Å². The molecular formula is C49H73NO13. The molecule has 0 saturated carbocycles. The van der Waals surface area contributed by atoms with Gasteiger partial charge in [0.2, 0.25) is 0 Å². The molecule has 8 aliphatic rings. The number of fused-ring (bicyclic) bond motifs is 5. The lowest BCUT2D eigenvalue weighted by molar-refractivity contribution is -0.364. The van der Waals surface area contributed by atoms with E-state index < -0.39 is 59.3 Å². The van der Waals surface area contributed by atoms with Crippen molar-refractivity contribution >= 4 is 17.7 Å². The number of carbonyl (C=O) groups is 3. The highest BCUT2D eigenvalue weighted by atomic mass is 16.8. The van der Waals surface area contributed by atoms with Gasteiger partial charge >= 0.3 is 11.9 Å². The molecule has 3 spiro atoms. The number of Topliss-reactive ketones (excluding diaryl/α,β-unsaturated/α-hetero) is 1. The highest BCUT2D eigenvalue weighted by Crippen LogP contribution is 2.54. The second kappa shape index (κ2) is 18.3. The Labute approximate surface area is 373 Å². The average molecular weight is 884 g/mol. The molecule has 14 heteroatoms. The van der Waals surface area contributed by atoms with E-state index in [2.05, 4.69) is 39.6 Å². The molecule has 3 N–H and O–H groups in total. The molecular weight excluding hydrogens is 811 g/mol. The van der Waals surface area contributed by atoms with Crippen LogP contribution in [0.25, 0.3) is 0 Å². The molecule has 8 rings (SSSR count). The Bertz CT molecular complexity index is 1790. The van der Waals surface area contributed by atoms with E-state index in [0.29, 0.717) is 81.1 Å². The fraction of sp³-hybridized carbons (Fsp3) is 0.816. The van der Waals surface area contributed by atoms with E-state index in [1.54, 1.807) is 6.92 Å². The summed E-state index contributed by atoms with van der Waals surface area (Å²) in [4.78, 5) is 37.5. The molecule has 0 aromatic rings. The molecule has 0 aliphatic carbocycles. The van der Waals surface area contributed by atoms with Crippen LogP contribution in [0.3, 0.4) is 0 Å². The molecule has 63 heavy (non-hydrogen) atoms. The topological polar surface area (TPSA) is 178 Å². The van der Waals surface area contributed by atoms with Gasteiger partial charge in [0, 0.05) is 70.3 Å². The number of piperidine rings is 1. The van der Waals surface area contributed by atoms with Crippen molar-refractivity contribution in [2.24, 2.45) is 35.5 Å². The molecule has 8 aliphatic heterocycles. The number of carboxylic acids is 1. The summed E-state index contributed by atoms with van der Waals surface area (Å²) in [5.41, 5.74) is 0.236. The third-order valence-electron chi connectivity index (χ3n) is 15.5. The van der Waals surface area contributed by atoms with Crippen LogP contribution in [0.15, 0.2) is 36.5 Å². The number of hydrogen-bond donors (Lipinski definition) is 3. The van der Waals surface area contributed by atoms with E-state index in [1.807, 2.05) is 31.2 Å². The number of carbonyl (C=O) groups excluding carboxylic acids is 2. The molecule has 7 saturated heterocycles. The molecule has 0 amide bonds. The van der Waals surface area contributed by atoms with Gasteiger partial charge in [-0.1, -0.05) is 66.3 Å². The predicted octanol–water partition coefficient (Wildman–Crippen LogP) is 6.67. The van der Waals surface area contributed by atoms with Crippen LogP contribution in [0.2, 0.25) is 0 Å². The van der Waals surface area contributed by atoms with Gasteiger partial charge in [-0.3, -0.25) is 19.7 Å². The number of ketones is 1. The van der Waals surface area contributed by atoms with Crippen molar-refractivity contribution in [3.63, 3.8) is 0 Å². The van der Waals surface area contributed by atoms with Gasteiger partial charge in [0.05, 0.1) is 36.6 Å². The van der Waals surface area contributed by atoms with Gasteiger partial charge in [0.1, 0.15) is 24.0 Å². The van der Waals surface area contributed by atoms with Gasteiger partial charge in [-0.05, 0) is 73.8 Å². The van der Waals surface area contributed by atoms with Gasteiger partial charge in [0.15, 0.2) is 23.1 Å². The number of aliphatic hydroxyl groups is 1. The van der Waals surface area contributed by atoms with Crippen LogP contribution in [0.4, 0.5) is 0 Å². The Hall–Kier alpha value is -2.53. The minimum absolute atomic E-state index is 0.0444. The van der Waals surface area contributed by atoms with Gasteiger partial charge in [-0.2, -0.15) is 0 Å². The summed E-state index contributed by atoms with van der Waals surface area (Å²) in [6, 6.07) is 0. The summed E-state index contributed by atoms with van der Waals surface area (Å²) in [5, 5.41) is 24.3. The summed E-state index contributed by atoms with van der Waals surface area (Å²) in [7, 11) is 0. The number of nitrogens with one attached hydrogen (secondary N) is 1. The van der Waals surface area contributed by atoms with Crippen LogP contribution in [-0.2, 0) is 52.3 Å². The van der Waals surface area contributed by atoms with Crippen molar-refractivity contribution in [3.05, 3.63) is 36.5 Å². The number of carboxylic acid groups (broad SMARTS) is 1. The summed E-state index contributed by atoms with van der Waals surface area (Å²) >= 11 is 0. The molecule has 0 radical (unpaired) electrons. The van der Waals surface area contributed by atoms with Crippen LogP contribution < -0.4 is 5.32 Å². The largest absolute Gasteiger partial charge is 0.481 e. The first kappa shape index (κ1) is 47.0. The third kappa shape index (κ3) is 9.68. The van der Waals surface area contributed by atoms with Gasteiger partial charge in [-0.25, -0.2) is 0 Å². The second-order valence-electron chi connectivity index (χ2n) is 21.0. The van der Waals surface area contributed by atoms with E-state index in [9.17, 15) is 19.5 Å². The third-order valence-corrected chi connectivity index (χ3v) is 15.5. The number of esters is 1. The SMILES string of the molecule is C=C(C[C@]12C[C@H](C)C[C@H](O1)[C@@H]1O[C@@]3(C[C@@H]1O2)NC[C@@H](C)C[C@H]3C)[C@@H](OC(C)=O)[C@@H](C)C[C@@H](C)C(=O)[C@@H](O)[C@H]1C[C@@H]2O[C@]3(CC[C@]4(C=CC[C@@H](/C=C/CCC(=O)O)O4)O3)[C@@H](C)C[C@@H]2O1. The summed E-state index contributed by atoms with van der Waals surface area (Å²) in [6.45, 7) is 19.3. The quantitative estimate of drug-likeness (QED) is 0.125. The Balaban J connectivity index is 0.867. The molecule has 0 aromatic heterocycles. The summed E-state index contributed by atoms with van der Waals surface area (Å²) < 4.78 is 52.9. The molecule has 8 heterocycles. The maximum Gasteiger partial charge on any atom is 0.303 e. The van der Waals surface area contributed by atoms with Crippen molar-refractivity contribution in [1.29, 1.82) is 0 Å². The predicted molar refractivity (Wildman–Crippen MR) is 230 cm³/mol. The van der Waals surface area contributed by atoms with E-state index >= 15 is 0 Å². The number of aliphatic hydroxyl groups excluding tert-OH is 1. The lowest BCUT2D eigenvalue weighted by Crippen LogP contribution is -2.59. The Morgan fingerprint density at radius 2 is 1.70 bits per heavy atom. The van der Waals surface area contributed by atoms with Crippen molar-refractivity contribution < 1.29 is 62.5 Å². The fourth-order valence-electron chi connectivity index (χ4n) is 12.5. The molecule has 14 nitrogen and oxygen atoms in total. The Morgan fingerprint density at radius 3 is 2.44 bits per heavy atom. The van der Waals surface area contributed by atoms with Gasteiger partial charge in [0.25, 0.3) is 0 Å². The fourth-order valence-corrected chi connectivity index (χ4v) is 12.5. The number of allylic oxidation sites excluding steroid dienone is 1. The van der Waals surface area contributed by atoms with E-state index in [-0.39, 0.29) is 60.7 Å². The van der Waals surface area contributed by atoms with Crippen molar-refractivity contribution in [2.75, 3.05) is 6.54 Å². The first-order chi connectivity index (χ1) is 29.8. The van der Waals surface area contributed by atoms with Crippen molar-refractivity contribution in [3.8, 4) is 0 Å². The van der Waals surface area contributed by atoms with Crippen LogP contribution in [0.1, 0.15) is 132 Å². The zero-order valence-corrected chi connectivity index (χ0v) is 38.5. The molecule has 352 valence electrons. The maximum atomic E-state index is 14.0. The number of ether oxygens (including phenoxy) is 8. The van der Waals surface area contributed by atoms with Crippen LogP contribution >= 0.6 is 0 Å². The number of hydrogen-bond acceptors (Lipinski definition) is 13. The molecule has 0 aromatic carbocycles. The highest BCUT2D eigenvalue weighted by molar-refractivity contribution is 5.85. The smallest absolute Gasteiger partial charge is 0.303 e. The Morgan fingerprint density at radius 1 is 0.921 bits per heavy atom. The highest BCUT2D eigenvalue weighted by Gasteiger charge is 2.63. The maximum absolute atomic E-state index is 14.0. The van der Waals surface area contributed by atoms with Gasteiger partial charge < -0.3 is 48.1 Å². The zero-order valence-electron chi connectivity index (χ0n) is 38.5.